The maximum absolute atomic E-state index is 12.4. The first-order valence-electron chi connectivity index (χ1n) is 8.32. The number of likely N-dealkylation sites (tertiary alicyclic amines) is 1. The molecule has 0 unspecified atom stereocenters. The van der Waals surface area contributed by atoms with Crippen molar-refractivity contribution in [3.8, 4) is 5.75 Å². The van der Waals surface area contributed by atoms with Crippen molar-refractivity contribution in [1.82, 2.24) is 19.7 Å². The Balaban J connectivity index is 1.74. The van der Waals surface area contributed by atoms with E-state index in [2.05, 4.69) is 28.9 Å². The zero-order valence-corrected chi connectivity index (χ0v) is 14.9. The largest absolute Gasteiger partial charge is 0.415 e. The Kier molecular flexibility index (Phi) is 4.78. The predicted octanol–water partition coefficient (Wildman–Crippen LogP) is 2.02. The average Bonchev–Trinajstić information content (AvgIpc) is 2.87. The molecule has 6 nitrogen and oxygen atoms in total. The second kappa shape index (κ2) is 6.83. The minimum atomic E-state index is -0.264. The van der Waals surface area contributed by atoms with E-state index in [4.69, 9.17) is 4.74 Å². The van der Waals surface area contributed by atoms with Gasteiger partial charge in [-0.25, -0.2) is 4.79 Å². The normalized spacial score (nSPS) is 15.3. The van der Waals surface area contributed by atoms with Crippen LogP contribution < -0.4 is 4.74 Å². The molecule has 1 saturated heterocycles. The zero-order chi connectivity index (χ0) is 17.3. The van der Waals surface area contributed by atoms with E-state index < -0.39 is 0 Å². The van der Waals surface area contributed by atoms with Crippen LogP contribution in [0, 0.1) is 0 Å². The average molecular weight is 330 g/mol. The number of fused-ring (bicyclic) bond motifs is 1. The summed E-state index contributed by atoms with van der Waals surface area (Å²) in [6.45, 7) is 2.40. The predicted molar refractivity (Wildman–Crippen MR) is 95.6 cm³/mol. The first-order chi connectivity index (χ1) is 11.5. The van der Waals surface area contributed by atoms with Gasteiger partial charge >= 0.3 is 6.09 Å². The Morgan fingerprint density at radius 2 is 2.04 bits per heavy atom. The van der Waals surface area contributed by atoms with Crippen LogP contribution in [0.15, 0.2) is 24.4 Å². The molecule has 6 heteroatoms. The van der Waals surface area contributed by atoms with Crippen LogP contribution in [0.25, 0.3) is 10.9 Å². The highest BCUT2D eigenvalue weighted by Gasteiger charge is 2.33. The van der Waals surface area contributed by atoms with Gasteiger partial charge in [0.05, 0.1) is 0 Å². The molecule has 24 heavy (non-hydrogen) atoms. The third-order valence-corrected chi connectivity index (χ3v) is 4.63. The fourth-order valence-corrected chi connectivity index (χ4v) is 2.94. The number of ether oxygens (including phenoxy) is 1. The number of amides is 1. The van der Waals surface area contributed by atoms with Gasteiger partial charge in [-0.15, -0.1) is 0 Å². The van der Waals surface area contributed by atoms with Crippen molar-refractivity contribution in [3.63, 3.8) is 0 Å². The molecule has 3 rings (SSSR count). The molecule has 1 aromatic carbocycles. The first kappa shape index (κ1) is 16.8. The van der Waals surface area contributed by atoms with Crippen molar-refractivity contribution in [2.45, 2.75) is 12.5 Å². The zero-order valence-electron chi connectivity index (χ0n) is 14.9. The minimum absolute atomic E-state index is 0.264. The summed E-state index contributed by atoms with van der Waals surface area (Å²) in [4.78, 5) is 21.7. The summed E-state index contributed by atoms with van der Waals surface area (Å²) in [5, 5.41) is 1.01. The van der Waals surface area contributed by atoms with E-state index in [1.54, 1.807) is 4.90 Å². The van der Waals surface area contributed by atoms with Crippen LogP contribution in [-0.2, 0) is 6.42 Å². The summed E-state index contributed by atoms with van der Waals surface area (Å²) >= 11 is 0. The maximum atomic E-state index is 12.4. The monoisotopic (exact) mass is 330 g/mol. The lowest BCUT2D eigenvalue weighted by Crippen LogP contribution is -2.59. The van der Waals surface area contributed by atoms with Gasteiger partial charge < -0.3 is 24.4 Å². The van der Waals surface area contributed by atoms with Crippen molar-refractivity contribution in [3.05, 3.63) is 30.0 Å². The fourth-order valence-electron chi connectivity index (χ4n) is 2.94. The number of hydrogen-bond donors (Lipinski definition) is 1. The Labute approximate surface area is 143 Å². The van der Waals surface area contributed by atoms with Gasteiger partial charge in [0.1, 0.15) is 5.75 Å². The van der Waals surface area contributed by atoms with Gasteiger partial charge in [0, 0.05) is 42.8 Å². The molecule has 1 amide bonds. The lowest BCUT2D eigenvalue weighted by Gasteiger charge is -2.41. The molecule has 1 fully saturated rings. The summed E-state index contributed by atoms with van der Waals surface area (Å²) < 4.78 is 5.70. The van der Waals surface area contributed by atoms with Gasteiger partial charge in [0.2, 0.25) is 0 Å². The molecule has 1 N–H and O–H groups in total. The molecule has 0 atom stereocenters. The molecule has 1 aromatic heterocycles. The number of aromatic amines is 1. The molecule has 130 valence electrons. The van der Waals surface area contributed by atoms with E-state index in [9.17, 15) is 4.79 Å². The molecule has 0 saturated carbocycles. The second-order valence-corrected chi connectivity index (χ2v) is 6.94. The van der Waals surface area contributed by atoms with Crippen LogP contribution in [0.1, 0.15) is 5.56 Å². The Morgan fingerprint density at radius 1 is 1.29 bits per heavy atom. The molecule has 0 bridgehead atoms. The highest BCUT2D eigenvalue weighted by molar-refractivity contribution is 5.91. The summed E-state index contributed by atoms with van der Waals surface area (Å²) in [6.07, 6.45) is 2.66. The van der Waals surface area contributed by atoms with Crippen LogP contribution >= 0.6 is 0 Å². The topological polar surface area (TPSA) is 51.8 Å². The Bertz CT molecular complexity index is 717. The van der Waals surface area contributed by atoms with Crippen molar-refractivity contribution in [2.75, 3.05) is 47.8 Å². The number of nitrogens with zero attached hydrogens (tertiary/aromatic N) is 3. The molecule has 2 aromatic rings. The third-order valence-electron chi connectivity index (χ3n) is 4.63. The number of carbonyl (C=O) groups excluding carboxylic acids is 1. The lowest BCUT2D eigenvalue weighted by molar-refractivity contribution is 0.0641. The number of rotatable bonds is 5. The van der Waals surface area contributed by atoms with Crippen LogP contribution in [0.5, 0.6) is 5.75 Å². The number of hydrogen-bond acceptors (Lipinski definition) is 4. The molecular formula is C18H26N4O2. The van der Waals surface area contributed by atoms with Crippen molar-refractivity contribution >= 4 is 17.0 Å². The van der Waals surface area contributed by atoms with Gasteiger partial charge in [0.15, 0.2) is 0 Å². The number of aromatic nitrogens is 1. The van der Waals surface area contributed by atoms with Gasteiger partial charge in [0.25, 0.3) is 0 Å². The SMILES string of the molecule is CN(C)CCc1c[nH]c2cccc(OC(=O)N3CC(N(C)C)C3)c12. The second-order valence-electron chi connectivity index (χ2n) is 6.94. The third kappa shape index (κ3) is 3.39. The summed E-state index contributed by atoms with van der Waals surface area (Å²) in [5.41, 5.74) is 2.18. The number of H-pyrrole nitrogens is 1. The minimum Gasteiger partial charge on any atom is -0.409 e. The van der Waals surface area contributed by atoms with Crippen LogP contribution in [0.3, 0.4) is 0 Å². The van der Waals surface area contributed by atoms with Gasteiger partial charge in [-0.3, -0.25) is 0 Å². The summed E-state index contributed by atoms with van der Waals surface area (Å²) in [6, 6.07) is 6.22. The van der Waals surface area contributed by atoms with E-state index in [0.29, 0.717) is 11.8 Å². The van der Waals surface area contributed by atoms with E-state index in [0.717, 1.165) is 37.0 Å². The van der Waals surface area contributed by atoms with E-state index in [1.165, 1.54) is 5.56 Å². The summed E-state index contributed by atoms with van der Waals surface area (Å²) in [5.74, 6) is 0.640. The standard InChI is InChI=1S/C18H26N4O2/c1-20(2)9-8-13-10-19-15-6-5-7-16(17(13)15)24-18(23)22-11-14(12-22)21(3)4/h5-7,10,14,19H,8-9,11-12H2,1-4H3. The maximum Gasteiger partial charge on any atom is 0.415 e. The lowest BCUT2D eigenvalue weighted by atomic mass is 10.1. The van der Waals surface area contributed by atoms with Gasteiger partial charge in [-0.05, 0) is 52.3 Å². The van der Waals surface area contributed by atoms with E-state index in [1.807, 2.05) is 38.5 Å². The van der Waals surface area contributed by atoms with Crippen molar-refractivity contribution < 1.29 is 9.53 Å². The molecular weight excluding hydrogens is 304 g/mol. The van der Waals surface area contributed by atoms with Crippen LogP contribution in [0.2, 0.25) is 0 Å². The molecule has 1 aliphatic rings. The van der Waals surface area contributed by atoms with Gasteiger partial charge in [-0.1, -0.05) is 6.07 Å². The number of likely N-dealkylation sites (N-methyl/N-ethyl adjacent to an activating group) is 2. The van der Waals surface area contributed by atoms with Crippen molar-refractivity contribution in [2.24, 2.45) is 0 Å². The van der Waals surface area contributed by atoms with Crippen LogP contribution in [-0.4, -0.2) is 79.6 Å². The first-order valence-corrected chi connectivity index (χ1v) is 8.32. The summed E-state index contributed by atoms with van der Waals surface area (Å²) in [7, 11) is 8.18. The smallest absolute Gasteiger partial charge is 0.409 e. The van der Waals surface area contributed by atoms with E-state index >= 15 is 0 Å². The fraction of sp³-hybridized carbons (Fsp3) is 0.500. The highest BCUT2D eigenvalue weighted by Crippen LogP contribution is 2.30. The molecule has 2 heterocycles. The Morgan fingerprint density at radius 3 is 2.71 bits per heavy atom. The Hall–Kier alpha value is -2.05. The molecule has 0 aliphatic carbocycles. The van der Waals surface area contributed by atoms with Crippen LogP contribution in [0.4, 0.5) is 4.79 Å². The van der Waals surface area contributed by atoms with Crippen molar-refractivity contribution in [1.29, 1.82) is 0 Å². The number of carbonyl (C=O) groups is 1. The quantitative estimate of drug-likeness (QED) is 0.911. The molecule has 0 spiro atoms. The number of nitrogens with one attached hydrogen (secondary N) is 1. The highest BCUT2D eigenvalue weighted by atomic mass is 16.6. The molecule has 1 aliphatic heterocycles. The van der Waals surface area contributed by atoms with E-state index in [-0.39, 0.29) is 6.09 Å². The number of benzene rings is 1. The van der Waals surface area contributed by atoms with Gasteiger partial charge in [-0.2, -0.15) is 0 Å². The molecule has 0 radical (unpaired) electrons.